The summed E-state index contributed by atoms with van der Waals surface area (Å²) < 4.78 is 39.2. The molecule has 0 bridgehead atoms. The summed E-state index contributed by atoms with van der Waals surface area (Å²) in [7, 11) is 0. The van der Waals surface area contributed by atoms with Gasteiger partial charge in [-0.2, -0.15) is 0 Å². The number of nitrogens with one attached hydrogen (secondary N) is 2. The van der Waals surface area contributed by atoms with Crippen LogP contribution in [0.2, 0.25) is 0 Å². The predicted molar refractivity (Wildman–Crippen MR) is 65.7 cm³/mol. The Bertz CT molecular complexity index is 496. The van der Waals surface area contributed by atoms with Gasteiger partial charge in [0, 0.05) is 18.5 Å². The van der Waals surface area contributed by atoms with Crippen LogP contribution in [-0.4, -0.2) is 36.1 Å². The van der Waals surface area contributed by atoms with Gasteiger partial charge in [-0.25, -0.2) is 13.2 Å². The molecule has 1 fully saturated rings. The van der Waals surface area contributed by atoms with Gasteiger partial charge in [0.25, 0.3) is 5.92 Å². The summed E-state index contributed by atoms with van der Waals surface area (Å²) >= 11 is 0. The standard InChI is InChI=1S/C13H15F3N2O2/c14-9-4-2-1-3-8(9)11(19)6-17-12(20)10-5-13(15,16)7-18-10/h1-4,10-11,18-19H,5-7H2,(H,17,20). The first-order valence-corrected chi connectivity index (χ1v) is 6.20. The largest absolute Gasteiger partial charge is 0.386 e. The van der Waals surface area contributed by atoms with Crippen LogP contribution in [0.4, 0.5) is 13.2 Å². The van der Waals surface area contributed by atoms with Crippen LogP contribution in [0.3, 0.4) is 0 Å². The third-order valence-corrected chi connectivity index (χ3v) is 3.16. The minimum atomic E-state index is -2.90. The lowest BCUT2D eigenvalue weighted by molar-refractivity contribution is -0.123. The van der Waals surface area contributed by atoms with E-state index in [1.54, 1.807) is 6.07 Å². The van der Waals surface area contributed by atoms with Crippen LogP contribution >= 0.6 is 0 Å². The SMILES string of the molecule is O=C(NCC(O)c1ccccc1F)C1CC(F)(F)CN1. The van der Waals surface area contributed by atoms with Crippen LogP contribution < -0.4 is 10.6 Å². The maximum atomic E-state index is 13.4. The zero-order chi connectivity index (χ0) is 14.8. The molecule has 1 aromatic rings. The Balaban J connectivity index is 1.86. The first-order valence-electron chi connectivity index (χ1n) is 6.20. The zero-order valence-corrected chi connectivity index (χ0v) is 10.6. The number of hydrogen-bond donors (Lipinski definition) is 3. The summed E-state index contributed by atoms with van der Waals surface area (Å²) in [6.07, 6.45) is -1.80. The number of alkyl halides is 2. The number of benzene rings is 1. The van der Waals surface area contributed by atoms with Gasteiger partial charge in [0.1, 0.15) is 5.82 Å². The first-order chi connectivity index (χ1) is 9.39. The minimum absolute atomic E-state index is 0.0533. The summed E-state index contributed by atoms with van der Waals surface area (Å²) in [5.74, 6) is -4.11. The second kappa shape index (κ2) is 5.80. The van der Waals surface area contributed by atoms with Crippen molar-refractivity contribution < 1.29 is 23.1 Å². The second-order valence-electron chi connectivity index (χ2n) is 4.78. The molecule has 110 valence electrons. The quantitative estimate of drug-likeness (QED) is 0.774. The van der Waals surface area contributed by atoms with E-state index >= 15 is 0 Å². The molecule has 1 aromatic carbocycles. The Morgan fingerprint density at radius 1 is 1.50 bits per heavy atom. The third kappa shape index (κ3) is 3.49. The lowest BCUT2D eigenvalue weighted by atomic mass is 10.1. The van der Waals surface area contributed by atoms with E-state index in [-0.39, 0.29) is 12.1 Å². The summed E-state index contributed by atoms with van der Waals surface area (Å²) in [6.45, 7) is -0.773. The predicted octanol–water partition coefficient (Wildman–Crippen LogP) is 0.972. The van der Waals surface area contributed by atoms with Crippen molar-refractivity contribution in [3.63, 3.8) is 0 Å². The molecule has 1 heterocycles. The van der Waals surface area contributed by atoms with E-state index in [1.165, 1.54) is 18.2 Å². The zero-order valence-electron chi connectivity index (χ0n) is 10.6. The first kappa shape index (κ1) is 14.8. The molecule has 2 rings (SSSR count). The highest BCUT2D eigenvalue weighted by Gasteiger charge is 2.42. The number of aliphatic hydroxyl groups excluding tert-OH is 1. The fourth-order valence-electron chi connectivity index (χ4n) is 2.08. The van der Waals surface area contributed by atoms with E-state index in [1.807, 2.05) is 0 Å². The van der Waals surface area contributed by atoms with Crippen LogP contribution in [0.5, 0.6) is 0 Å². The average molecular weight is 288 g/mol. The molecule has 0 aliphatic carbocycles. The Hall–Kier alpha value is -1.60. The van der Waals surface area contributed by atoms with E-state index in [0.29, 0.717) is 0 Å². The summed E-state index contributed by atoms with van der Waals surface area (Å²) in [4.78, 5) is 11.6. The van der Waals surface area contributed by atoms with Crippen LogP contribution in [0.1, 0.15) is 18.1 Å². The Morgan fingerprint density at radius 3 is 2.80 bits per heavy atom. The lowest BCUT2D eigenvalue weighted by Gasteiger charge is -2.15. The highest BCUT2D eigenvalue weighted by atomic mass is 19.3. The van der Waals surface area contributed by atoms with Crippen LogP contribution in [0.15, 0.2) is 24.3 Å². The molecule has 1 amide bonds. The normalized spacial score (nSPS) is 22.5. The Kier molecular flexibility index (Phi) is 4.29. The average Bonchev–Trinajstić information content (AvgIpc) is 2.76. The number of amides is 1. The molecule has 7 heteroatoms. The number of aliphatic hydroxyl groups is 1. The molecule has 2 atom stereocenters. The Labute approximate surface area is 114 Å². The number of carbonyl (C=O) groups is 1. The number of rotatable bonds is 4. The van der Waals surface area contributed by atoms with E-state index in [0.717, 1.165) is 0 Å². The molecule has 2 unspecified atom stereocenters. The van der Waals surface area contributed by atoms with Gasteiger partial charge >= 0.3 is 0 Å². The van der Waals surface area contributed by atoms with Crippen molar-refractivity contribution in [2.24, 2.45) is 0 Å². The van der Waals surface area contributed by atoms with Crippen molar-refractivity contribution in [2.45, 2.75) is 24.5 Å². The van der Waals surface area contributed by atoms with Gasteiger partial charge in [-0.1, -0.05) is 18.2 Å². The molecule has 0 spiro atoms. The van der Waals surface area contributed by atoms with Crippen molar-refractivity contribution >= 4 is 5.91 Å². The van der Waals surface area contributed by atoms with E-state index < -0.39 is 42.8 Å². The van der Waals surface area contributed by atoms with Crippen molar-refractivity contribution in [3.8, 4) is 0 Å². The van der Waals surface area contributed by atoms with Crippen molar-refractivity contribution in [1.82, 2.24) is 10.6 Å². The van der Waals surface area contributed by atoms with Gasteiger partial charge in [-0.15, -0.1) is 0 Å². The summed E-state index contributed by atoms with van der Waals surface area (Å²) in [5.41, 5.74) is 0.0533. The number of hydrogen-bond acceptors (Lipinski definition) is 3. The monoisotopic (exact) mass is 288 g/mol. The summed E-state index contributed by atoms with van der Waals surface area (Å²) in [5, 5.41) is 14.5. The van der Waals surface area contributed by atoms with Gasteiger partial charge in [0.2, 0.25) is 5.91 Å². The number of carbonyl (C=O) groups excluding carboxylic acids is 1. The number of halogens is 3. The van der Waals surface area contributed by atoms with Gasteiger partial charge in [0.05, 0.1) is 18.7 Å². The molecular formula is C13H15F3N2O2. The second-order valence-corrected chi connectivity index (χ2v) is 4.78. The minimum Gasteiger partial charge on any atom is -0.386 e. The Morgan fingerprint density at radius 2 is 2.20 bits per heavy atom. The smallest absolute Gasteiger partial charge is 0.262 e. The van der Waals surface area contributed by atoms with Crippen LogP contribution in [0.25, 0.3) is 0 Å². The fraction of sp³-hybridized carbons (Fsp3) is 0.462. The maximum absolute atomic E-state index is 13.4. The van der Waals surface area contributed by atoms with Gasteiger partial charge in [-0.05, 0) is 6.07 Å². The lowest BCUT2D eigenvalue weighted by Crippen LogP contribution is -2.42. The van der Waals surface area contributed by atoms with E-state index in [9.17, 15) is 23.1 Å². The third-order valence-electron chi connectivity index (χ3n) is 3.16. The van der Waals surface area contributed by atoms with Gasteiger partial charge in [-0.3, -0.25) is 10.1 Å². The molecule has 0 radical (unpaired) electrons. The molecule has 3 N–H and O–H groups in total. The van der Waals surface area contributed by atoms with Gasteiger partial charge in [0.15, 0.2) is 0 Å². The van der Waals surface area contributed by atoms with Crippen molar-refractivity contribution in [1.29, 1.82) is 0 Å². The van der Waals surface area contributed by atoms with E-state index in [4.69, 9.17) is 0 Å². The van der Waals surface area contributed by atoms with Crippen LogP contribution in [0, 0.1) is 5.82 Å². The molecule has 0 aromatic heterocycles. The molecule has 20 heavy (non-hydrogen) atoms. The molecule has 1 aliphatic rings. The van der Waals surface area contributed by atoms with Gasteiger partial charge < -0.3 is 10.4 Å². The summed E-state index contributed by atoms with van der Waals surface area (Å²) in [6, 6.07) is 4.64. The highest BCUT2D eigenvalue weighted by molar-refractivity contribution is 5.82. The topological polar surface area (TPSA) is 61.4 Å². The molecule has 1 aliphatic heterocycles. The highest BCUT2D eigenvalue weighted by Crippen LogP contribution is 2.25. The maximum Gasteiger partial charge on any atom is 0.262 e. The van der Waals surface area contributed by atoms with Crippen molar-refractivity contribution in [2.75, 3.05) is 13.1 Å². The van der Waals surface area contributed by atoms with E-state index in [2.05, 4.69) is 10.6 Å². The molecule has 0 saturated carbocycles. The molecular weight excluding hydrogens is 273 g/mol. The fourth-order valence-corrected chi connectivity index (χ4v) is 2.08. The van der Waals surface area contributed by atoms with Crippen molar-refractivity contribution in [3.05, 3.63) is 35.6 Å². The molecule has 1 saturated heterocycles. The molecule has 4 nitrogen and oxygen atoms in total. The van der Waals surface area contributed by atoms with Crippen LogP contribution in [-0.2, 0) is 4.79 Å².